The highest BCUT2D eigenvalue weighted by Gasteiger charge is 2.30. The number of ether oxygens (including phenoxy) is 2. The zero-order valence-electron chi connectivity index (χ0n) is 10.9. The molecule has 0 spiro atoms. The van der Waals surface area contributed by atoms with E-state index in [9.17, 15) is 13.2 Å². The predicted octanol–water partition coefficient (Wildman–Crippen LogP) is 2.88. The molecular formula is C13H18F3NO2. The number of benzene rings is 1. The molecule has 0 aliphatic heterocycles. The van der Waals surface area contributed by atoms with Crippen LogP contribution in [0, 0.1) is 0 Å². The van der Waals surface area contributed by atoms with Gasteiger partial charge in [0.1, 0.15) is 5.75 Å². The summed E-state index contributed by atoms with van der Waals surface area (Å²) in [7, 11) is 0. The van der Waals surface area contributed by atoms with E-state index in [0.717, 1.165) is 5.56 Å². The third-order valence-electron chi connectivity index (χ3n) is 2.66. The van der Waals surface area contributed by atoms with Crippen molar-refractivity contribution in [2.45, 2.75) is 38.8 Å². The molecule has 0 fully saturated rings. The van der Waals surface area contributed by atoms with Gasteiger partial charge < -0.3 is 15.2 Å². The van der Waals surface area contributed by atoms with Gasteiger partial charge in [0.05, 0.1) is 6.10 Å². The molecule has 6 heteroatoms. The van der Waals surface area contributed by atoms with Crippen LogP contribution >= 0.6 is 0 Å². The SMILES string of the molecule is CCOC(C)C(N)Cc1ccc(OC(F)(F)F)cc1. The summed E-state index contributed by atoms with van der Waals surface area (Å²) in [5, 5.41) is 0. The maximum atomic E-state index is 12.0. The van der Waals surface area contributed by atoms with E-state index in [1.807, 2.05) is 13.8 Å². The molecule has 2 unspecified atom stereocenters. The molecule has 0 saturated carbocycles. The Balaban J connectivity index is 2.57. The molecule has 0 heterocycles. The number of halogens is 3. The van der Waals surface area contributed by atoms with Crippen molar-refractivity contribution in [1.82, 2.24) is 0 Å². The Bertz CT molecular complexity index is 378. The van der Waals surface area contributed by atoms with Gasteiger partial charge in [-0.15, -0.1) is 13.2 Å². The van der Waals surface area contributed by atoms with Crippen LogP contribution in [0.4, 0.5) is 13.2 Å². The molecular weight excluding hydrogens is 259 g/mol. The van der Waals surface area contributed by atoms with Crippen molar-refractivity contribution in [3.05, 3.63) is 29.8 Å². The molecule has 1 rings (SSSR count). The van der Waals surface area contributed by atoms with Crippen LogP contribution in [0.5, 0.6) is 5.75 Å². The Labute approximate surface area is 110 Å². The zero-order valence-corrected chi connectivity index (χ0v) is 10.9. The minimum atomic E-state index is -4.67. The predicted molar refractivity (Wildman–Crippen MR) is 65.9 cm³/mol. The second-order valence-electron chi connectivity index (χ2n) is 4.22. The van der Waals surface area contributed by atoms with Crippen LogP contribution in [0.2, 0.25) is 0 Å². The average Bonchev–Trinajstić information content (AvgIpc) is 2.30. The fourth-order valence-electron chi connectivity index (χ4n) is 1.65. The first kappa shape index (κ1) is 15.8. The summed E-state index contributed by atoms with van der Waals surface area (Å²) in [6, 6.07) is 5.50. The summed E-state index contributed by atoms with van der Waals surface area (Å²) in [5.41, 5.74) is 6.78. The van der Waals surface area contributed by atoms with Gasteiger partial charge in [0.15, 0.2) is 0 Å². The summed E-state index contributed by atoms with van der Waals surface area (Å²) < 4.78 is 45.1. The Morgan fingerprint density at radius 2 is 1.79 bits per heavy atom. The van der Waals surface area contributed by atoms with E-state index < -0.39 is 6.36 Å². The van der Waals surface area contributed by atoms with Crippen LogP contribution in [0.15, 0.2) is 24.3 Å². The molecule has 0 saturated heterocycles. The molecule has 0 aromatic heterocycles. The maximum Gasteiger partial charge on any atom is 0.573 e. The highest BCUT2D eigenvalue weighted by atomic mass is 19.4. The number of nitrogens with two attached hydrogens (primary N) is 1. The van der Waals surface area contributed by atoms with Gasteiger partial charge in [0.2, 0.25) is 0 Å². The van der Waals surface area contributed by atoms with E-state index in [-0.39, 0.29) is 17.9 Å². The zero-order chi connectivity index (χ0) is 14.5. The summed E-state index contributed by atoms with van der Waals surface area (Å²) in [6.07, 6.45) is -4.23. The van der Waals surface area contributed by atoms with E-state index >= 15 is 0 Å². The normalized spacial score (nSPS) is 15.1. The second-order valence-corrected chi connectivity index (χ2v) is 4.22. The monoisotopic (exact) mass is 277 g/mol. The first-order valence-electron chi connectivity index (χ1n) is 6.03. The molecule has 0 aliphatic carbocycles. The lowest BCUT2D eigenvalue weighted by Gasteiger charge is -2.20. The Morgan fingerprint density at radius 1 is 1.21 bits per heavy atom. The Morgan fingerprint density at radius 3 is 2.26 bits per heavy atom. The average molecular weight is 277 g/mol. The van der Waals surface area contributed by atoms with E-state index in [1.54, 1.807) is 12.1 Å². The van der Waals surface area contributed by atoms with Crippen LogP contribution in [0.25, 0.3) is 0 Å². The Hall–Kier alpha value is -1.27. The minimum Gasteiger partial charge on any atom is -0.406 e. The number of hydrogen-bond acceptors (Lipinski definition) is 3. The standard InChI is InChI=1S/C13H18F3NO2/c1-3-18-9(2)12(17)8-10-4-6-11(7-5-10)19-13(14,15)16/h4-7,9,12H,3,8,17H2,1-2H3. The van der Waals surface area contributed by atoms with Gasteiger partial charge in [-0.05, 0) is 38.0 Å². The number of hydrogen-bond donors (Lipinski definition) is 1. The lowest BCUT2D eigenvalue weighted by molar-refractivity contribution is -0.274. The number of rotatable bonds is 6. The topological polar surface area (TPSA) is 44.5 Å². The van der Waals surface area contributed by atoms with E-state index in [4.69, 9.17) is 10.5 Å². The minimum absolute atomic E-state index is 0.101. The molecule has 2 N–H and O–H groups in total. The van der Waals surface area contributed by atoms with Gasteiger partial charge in [-0.25, -0.2) is 0 Å². The molecule has 1 aromatic rings. The fourth-order valence-corrected chi connectivity index (χ4v) is 1.65. The summed E-state index contributed by atoms with van der Waals surface area (Å²) in [6.45, 7) is 4.33. The van der Waals surface area contributed by atoms with Crippen LogP contribution in [-0.2, 0) is 11.2 Å². The molecule has 19 heavy (non-hydrogen) atoms. The molecule has 3 nitrogen and oxygen atoms in total. The van der Waals surface area contributed by atoms with Crippen molar-refractivity contribution < 1.29 is 22.6 Å². The van der Waals surface area contributed by atoms with Crippen molar-refractivity contribution in [2.24, 2.45) is 5.73 Å². The molecule has 1 aromatic carbocycles. The van der Waals surface area contributed by atoms with E-state index in [2.05, 4.69) is 4.74 Å². The third-order valence-corrected chi connectivity index (χ3v) is 2.66. The summed E-state index contributed by atoms with van der Waals surface area (Å²) in [4.78, 5) is 0. The smallest absolute Gasteiger partial charge is 0.406 e. The summed E-state index contributed by atoms with van der Waals surface area (Å²) >= 11 is 0. The quantitative estimate of drug-likeness (QED) is 0.869. The number of alkyl halides is 3. The van der Waals surface area contributed by atoms with Gasteiger partial charge in [0.25, 0.3) is 0 Å². The molecule has 2 atom stereocenters. The lowest BCUT2D eigenvalue weighted by Crippen LogP contribution is -2.36. The largest absolute Gasteiger partial charge is 0.573 e. The highest BCUT2D eigenvalue weighted by Crippen LogP contribution is 2.23. The molecule has 0 bridgehead atoms. The van der Waals surface area contributed by atoms with Crippen molar-refractivity contribution in [3.63, 3.8) is 0 Å². The van der Waals surface area contributed by atoms with Crippen LogP contribution in [0.3, 0.4) is 0 Å². The molecule has 0 aliphatic rings. The van der Waals surface area contributed by atoms with Crippen molar-refractivity contribution in [2.75, 3.05) is 6.61 Å². The fraction of sp³-hybridized carbons (Fsp3) is 0.538. The second kappa shape index (κ2) is 6.77. The maximum absolute atomic E-state index is 12.0. The Kier molecular flexibility index (Phi) is 5.62. The van der Waals surface area contributed by atoms with E-state index in [0.29, 0.717) is 13.0 Å². The molecule has 0 amide bonds. The van der Waals surface area contributed by atoms with Gasteiger partial charge in [-0.2, -0.15) is 0 Å². The van der Waals surface area contributed by atoms with E-state index in [1.165, 1.54) is 12.1 Å². The lowest BCUT2D eigenvalue weighted by atomic mass is 10.0. The molecule has 108 valence electrons. The van der Waals surface area contributed by atoms with Crippen molar-refractivity contribution in [1.29, 1.82) is 0 Å². The van der Waals surface area contributed by atoms with Gasteiger partial charge in [-0.3, -0.25) is 0 Å². The van der Waals surface area contributed by atoms with Crippen molar-refractivity contribution >= 4 is 0 Å². The highest BCUT2D eigenvalue weighted by molar-refractivity contribution is 5.28. The first-order valence-corrected chi connectivity index (χ1v) is 6.03. The summed E-state index contributed by atoms with van der Waals surface area (Å²) in [5.74, 6) is -0.234. The molecule has 0 radical (unpaired) electrons. The third kappa shape index (κ3) is 5.94. The van der Waals surface area contributed by atoms with Gasteiger partial charge in [-0.1, -0.05) is 12.1 Å². The van der Waals surface area contributed by atoms with Crippen LogP contribution < -0.4 is 10.5 Å². The van der Waals surface area contributed by atoms with Crippen LogP contribution in [-0.4, -0.2) is 25.1 Å². The van der Waals surface area contributed by atoms with Crippen LogP contribution in [0.1, 0.15) is 19.4 Å². The van der Waals surface area contributed by atoms with Gasteiger partial charge in [0, 0.05) is 12.6 Å². The van der Waals surface area contributed by atoms with Crippen molar-refractivity contribution in [3.8, 4) is 5.75 Å². The van der Waals surface area contributed by atoms with Gasteiger partial charge >= 0.3 is 6.36 Å². The first-order chi connectivity index (χ1) is 8.81.